The molecule has 35 nitrogen and oxygen atoms in total. The number of carbonyl (C=O) groups is 2. The molecule has 60 heteroatoms. The van der Waals surface area contributed by atoms with E-state index in [0.717, 1.165) is 58.1 Å². The number of esters is 2. The van der Waals surface area contributed by atoms with Gasteiger partial charge in [-0.2, -0.15) is 0 Å². The molecule has 0 bridgehead atoms. The van der Waals surface area contributed by atoms with Crippen LogP contribution >= 0.6 is 301 Å². The molecule has 0 unspecified atom stereocenters. The van der Waals surface area contributed by atoms with Crippen LogP contribution in [0.25, 0.3) is 22.3 Å². The summed E-state index contributed by atoms with van der Waals surface area (Å²) in [6.07, 6.45) is 0.734. The fourth-order valence-electron chi connectivity index (χ4n) is 9.08. The van der Waals surface area contributed by atoms with E-state index in [-0.39, 0.29) is 184 Å². The van der Waals surface area contributed by atoms with E-state index in [1.165, 1.54) is 59.9 Å². The molecule has 138 heavy (non-hydrogen) atoms. The van der Waals surface area contributed by atoms with Gasteiger partial charge >= 0.3 is 79.7 Å². The zero-order valence-corrected chi connectivity index (χ0v) is 101. The molecule has 0 atom stereocenters. The number of carbonyl (C=O) groups excluding carboxylic acids is 2. The minimum atomic E-state index is -1.60. The first-order valence-corrected chi connectivity index (χ1v) is 49.8. The van der Waals surface area contributed by atoms with E-state index >= 15 is 0 Å². The van der Waals surface area contributed by atoms with Gasteiger partial charge in [0.25, 0.3) is 0 Å². The number of nitrogen functional groups attached to an aromatic ring is 5. The Hall–Kier alpha value is -3.30. The number of methoxy groups -OCH3 is 2. The molecule has 4 aromatic carbocycles. The number of thiocarbonyl (C=S) groups is 2. The van der Waals surface area contributed by atoms with Gasteiger partial charge in [-0.3, -0.25) is 39.9 Å². The molecule has 3 aliphatic rings. The second-order valence-corrected chi connectivity index (χ2v) is 41.2. The summed E-state index contributed by atoms with van der Waals surface area (Å²) in [5.74, 6) is -0.306. The largest absolute Gasteiger partial charge is 1.00 e. The Balaban J connectivity index is 0. The summed E-state index contributed by atoms with van der Waals surface area (Å²) in [6, 6.07) is 39.4. The first-order chi connectivity index (χ1) is 62.2. The van der Waals surface area contributed by atoms with Crippen molar-refractivity contribution in [2.45, 2.75) is 104 Å². The van der Waals surface area contributed by atoms with Crippen molar-refractivity contribution in [1.29, 1.82) is 0 Å². The number of aromatic hydroxyl groups is 2. The Morgan fingerprint density at radius 1 is 0.565 bits per heavy atom. The molecule has 742 valence electrons. The first-order valence-electron chi connectivity index (χ1n) is 36.5. The Kier molecular flexibility index (Phi) is 65.5. The van der Waals surface area contributed by atoms with Crippen molar-refractivity contribution in [3.8, 4) is 22.6 Å². The van der Waals surface area contributed by atoms with E-state index in [1.54, 1.807) is 30.3 Å². The number of nitro groups is 3. The zero-order chi connectivity index (χ0) is 102. The van der Waals surface area contributed by atoms with E-state index < -0.39 is 35.9 Å². The van der Waals surface area contributed by atoms with Gasteiger partial charge in [-0.05, 0) is 247 Å². The molecule has 14 rings (SSSR count). The maximum Gasteiger partial charge on any atom is 1.00 e. The van der Waals surface area contributed by atoms with E-state index in [0.29, 0.717) is 54.2 Å². The Bertz CT molecular complexity index is 5660. The number of hydrogen-bond donors (Lipinski definition) is 11. The van der Waals surface area contributed by atoms with E-state index in [4.69, 9.17) is 179 Å². The number of thioether (sulfide) groups is 1. The van der Waals surface area contributed by atoms with Gasteiger partial charge in [0.05, 0.1) is 110 Å². The van der Waals surface area contributed by atoms with Crippen LogP contribution in [0.4, 0.5) is 51.7 Å². The number of hydrogen-bond acceptors (Lipinski definition) is 33. The van der Waals surface area contributed by atoms with Gasteiger partial charge < -0.3 is 111 Å². The molecule has 0 amide bonds. The van der Waals surface area contributed by atoms with Gasteiger partial charge in [0, 0.05) is 48.2 Å². The number of imidazole rings is 1. The summed E-state index contributed by atoms with van der Waals surface area (Å²) in [5.41, 5.74) is 29.9. The SMILES string of the molecule is Brc1ccc(I)cc1.C.C.CC1(C)OB(B2OC(C)(C)C(C)(C)O2)OC1(C)C.COC(=O)CBr.COC(=O)CSc1nc2nc(I)c(Cl)cc2[nH]1.Nc1cc(Cl)c(I)nc1N.Nc1nc(Cl)c(Cl)cc1[N+](=O)[O-].Nc1nc(Cl)ccc1[N+](=O)[O-].Nc1nc(I)c(Cl)cc1[N+](=O)[O-].OB(O)c1ccccc1O.Oc1ccccc1-c1ccc(Br)cc1.S=C(Cl)Cl.S=C1Cc2nc(I)c(Cl)cc2N1.[I-].[Na+]. The van der Waals surface area contributed by atoms with Crippen LogP contribution in [0.2, 0.25) is 35.4 Å². The Labute approximate surface area is 988 Å². The second kappa shape index (κ2) is 66.1. The number of nitrogens with two attached hydrogens (primary N) is 5. The summed E-state index contributed by atoms with van der Waals surface area (Å²) in [6.45, 7) is 16.2. The van der Waals surface area contributed by atoms with Crippen LogP contribution in [0.1, 0.15) is 75.9 Å². The zero-order valence-electron chi connectivity index (χ0n) is 72.0. The van der Waals surface area contributed by atoms with Gasteiger partial charge in [0.1, 0.15) is 42.6 Å². The van der Waals surface area contributed by atoms with Crippen molar-refractivity contribution in [1.82, 2.24) is 39.9 Å². The fraction of sp³-hybridized carbons (Fsp3) is 0.244. The maximum absolute atomic E-state index is 11.0. The number of phenols is 2. The minimum Gasteiger partial charge on any atom is -1.00 e. The molecular weight excluding hydrogens is 2930 g/mol. The average Bonchev–Trinajstić information content (AvgIpc) is 1.59. The molecule has 0 radical (unpaired) electrons. The summed E-state index contributed by atoms with van der Waals surface area (Å²) in [4.78, 5) is 80.9. The molecule has 0 aliphatic carbocycles. The van der Waals surface area contributed by atoms with Crippen LogP contribution in [0, 0.1) is 48.7 Å². The smallest absolute Gasteiger partial charge is 1.00 e. The van der Waals surface area contributed by atoms with Crippen molar-refractivity contribution in [3.63, 3.8) is 0 Å². The molecular formula is C78H83B3Br3Cl9I6N17NaO18S3. The van der Waals surface area contributed by atoms with Crippen LogP contribution in [-0.4, -0.2) is 164 Å². The topological polar surface area (TPSA) is 548 Å². The van der Waals surface area contributed by atoms with E-state index in [1.807, 2.05) is 184 Å². The summed E-state index contributed by atoms with van der Waals surface area (Å²) < 4.78 is 38.7. The molecule has 2 saturated heterocycles. The number of alkyl halides is 1. The quantitative estimate of drug-likeness (QED) is 0.00579. The van der Waals surface area contributed by atoms with Crippen molar-refractivity contribution in [3.05, 3.63) is 238 Å². The van der Waals surface area contributed by atoms with Crippen molar-refractivity contribution in [2.75, 3.05) is 59.3 Å². The number of aromatic nitrogens is 8. The standard InChI is InChI=1S/C12H24B2O4.C12H9BrO.C9H7ClIN3O2S.C7H4ClIN2S.C6H7BO3.C6H4BrI.C5H3Cl2N3O2.C5H3ClIN3O2.C5H5ClIN3.C5H4ClN3O2.C3H5BrO2.CCl2S.2CH4.HI.Na/c1-9(2)10(3,4)16-13(15-9)14-17-11(5,6)12(7,8)18-14;13-10-7-5-9(6-8-10)11-3-1-2-4-12(11)14;1-16-6(15)3-17-9-12-5-2-4(10)7(11)13-8(5)14-9;8-3-1-4-5(11-7(3)9)2-6(12)10-4;8-6-4-2-1-3-5(6)7(9)10;7-5-1-3-6(8)4-2-5;2*6-2-1-3(10(11)12)5(8)9-4(2)7;6-2-1-3(8)5(9)10-4(2)7;6-4-2-1-3(9(10)11)5(7)8-4;1-6-3(5)2-4;2-1(3)4;;;;/h1-8H3;1-8,14H;2H,3H2,1H3,(H,12,13,14);1H,2H2,(H,10,12);1-4,8-10H;1-4H;2*1H,(H2,8,9);1H,8H2,(H2,9,10);1-2H,(H2,7,8);2H2,1H3;;2*1H4;1H;/q;;;;;;;;;;;;;;;+1/p-1. The molecule has 10 heterocycles. The molecule has 3 aliphatic heterocycles. The first kappa shape index (κ1) is 137. The Morgan fingerprint density at radius 2 is 0.971 bits per heavy atom. The molecule has 11 aromatic rings. The van der Waals surface area contributed by atoms with Crippen LogP contribution in [-0.2, 0) is 44.1 Å². The number of nitrogens with zero attached hydrogens (tertiary/aromatic N) is 10. The van der Waals surface area contributed by atoms with Gasteiger partial charge in [-0.1, -0.05) is 252 Å². The van der Waals surface area contributed by atoms with Gasteiger partial charge in [0.2, 0.25) is 17.5 Å². The van der Waals surface area contributed by atoms with Gasteiger partial charge in [-0.15, -0.1) is 0 Å². The molecule has 2 fully saturated rings. The molecule has 0 spiro atoms. The molecule has 16 N–H and O–H groups in total. The van der Waals surface area contributed by atoms with Crippen LogP contribution < -0.4 is 93.0 Å². The van der Waals surface area contributed by atoms with E-state index in [2.05, 4.69) is 172 Å². The monoisotopic (exact) mass is 3010 g/mol. The summed E-state index contributed by atoms with van der Waals surface area (Å²) in [7, 11) is 0.155. The number of benzene rings is 4. The van der Waals surface area contributed by atoms with Gasteiger partial charge in [-0.25, -0.2) is 34.9 Å². The number of rotatable bonds is 10. The predicted molar refractivity (Wildman–Crippen MR) is 607 cm³/mol. The number of pyridine rings is 6. The third kappa shape index (κ3) is 47.3. The predicted octanol–water partition coefficient (Wildman–Crippen LogP) is 17.3. The van der Waals surface area contributed by atoms with Crippen molar-refractivity contribution < 1.29 is 126 Å². The number of nitrogens with one attached hydrogen (secondary N) is 2. The number of ether oxygens (including phenoxy) is 2. The minimum absolute atomic E-state index is 0. The number of anilines is 6. The van der Waals surface area contributed by atoms with E-state index in [9.17, 15) is 45.0 Å². The normalized spacial score (nSPS) is 12.7. The summed E-state index contributed by atoms with van der Waals surface area (Å²) in [5, 5.41) is 72.6. The molecule has 0 saturated carbocycles. The van der Waals surface area contributed by atoms with Crippen LogP contribution in [0.3, 0.4) is 0 Å². The Morgan fingerprint density at radius 3 is 1.39 bits per heavy atom. The maximum atomic E-state index is 11.0. The van der Waals surface area contributed by atoms with Crippen molar-refractivity contribution >= 4 is 412 Å². The van der Waals surface area contributed by atoms with Crippen LogP contribution in [0.5, 0.6) is 11.5 Å². The van der Waals surface area contributed by atoms with Crippen LogP contribution in [0.15, 0.2) is 154 Å². The number of para-hydroxylation sites is 2. The average molecular weight is 3020 g/mol. The number of aromatic amines is 1. The third-order valence-corrected chi connectivity index (χ3v) is 27.0. The second-order valence-electron chi connectivity index (χ2n) is 27.5. The van der Waals surface area contributed by atoms with Crippen molar-refractivity contribution in [2.24, 2.45) is 0 Å². The third-order valence-electron chi connectivity index (χ3n) is 17.0. The van der Waals surface area contributed by atoms with Gasteiger partial charge in [0.15, 0.2) is 19.7 Å². The summed E-state index contributed by atoms with van der Waals surface area (Å²) >= 11 is 79.2. The molecule has 7 aromatic heterocycles. The number of halogens is 18. The fourth-order valence-corrected chi connectivity index (χ4v) is 13.9. The number of phenolic OH excluding ortho intramolecular Hbond substituents is 2. The number of H-pyrrole nitrogens is 1. The number of fused-ring (bicyclic) bond motifs is 2.